The highest BCUT2D eigenvalue weighted by atomic mass is 16.2. The Morgan fingerprint density at radius 1 is 1.22 bits per heavy atom. The van der Waals surface area contributed by atoms with E-state index in [0.29, 0.717) is 12.5 Å². The Kier molecular flexibility index (Phi) is 2.78. The van der Waals surface area contributed by atoms with Gasteiger partial charge in [0.1, 0.15) is 0 Å². The number of carbonyl (C=O) groups excluding carboxylic acids is 2. The highest BCUT2D eigenvalue weighted by Crippen LogP contribution is 2.27. The second-order valence-electron chi connectivity index (χ2n) is 4.90. The van der Waals surface area contributed by atoms with E-state index in [2.05, 4.69) is 4.90 Å². The molecule has 2 heterocycles. The molecule has 18 heavy (non-hydrogen) atoms. The van der Waals surface area contributed by atoms with Crippen LogP contribution < -0.4 is 4.90 Å². The first-order chi connectivity index (χ1) is 8.79. The Labute approximate surface area is 106 Å². The predicted octanol–water partition coefficient (Wildman–Crippen LogP) is 1.31. The topological polar surface area (TPSA) is 40.6 Å². The summed E-state index contributed by atoms with van der Waals surface area (Å²) in [7, 11) is 0. The van der Waals surface area contributed by atoms with Crippen LogP contribution >= 0.6 is 0 Å². The summed E-state index contributed by atoms with van der Waals surface area (Å²) in [6.07, 6.45) is 2.52. The number of anilines is 1. The van der Waals surface area contributed by atoms with Gasteiger partial charge in [-0.05, 0) is 18.6 Å². The van der Waals surface area contributed by atoms with Gasteiger partial charge in [-0.1, -0.05) is 12.1 Å². The third-order valence-corrected chi connectivity index (χ3v) is 3.90. The molecule has 1 aromatic rings. The number of para-hydroxylation sites is 1. The summed E-state index contributed by atoms with van der Waals surface area (Å²) in [6, 6.07) is 7.98. The average molecular weight is 244 g/mol. The summed E-state index contributed by atoms with van der Waals surface area (Å²) in [6.45, 7) is 2.43. The Hall–Kier alpha value is -1.84. The van der Waals surface area contributed by atoms with Crippen molar-refractivity contribution in [3.63, 3.8) is 0 Å². The Morgan fingerprint density at radius 3 is 2.89 bits per heavy atom. The Balaban J connectivity index is 1.82. The van der Waals surface area contributed by atoms with E-state index in [0.717, 1.165) is 43.6 Å². The number of benzene rings is 1. The maximum atomic E-state index is 11.6. The van der Waals surface area contributed by atoms with Crippen LogP contribution in [0.25, 0.3) is 0 Å². The first kappa shape index (κ1) is 11.3. The van der Waals surface area contributed by atoms with E-state index in [1.54, 1.807) is 0 Å². The van der Waals surface area contributed by atoms with Gasteiger partial charge < -0.3 is 9.80 Å². The molecule has 0 aromatic heterocycles. The van der Waals surface area contributed by atoms with E-state index in [9.17, 15) is 9.59 Å². The zero-order valence-electron chi connectivity index (χ0n) is 10.2. The van der Waals surface area contributed by atoms with Gasteiger partial charge >= 0.3 is 0 Å². The van der Waals surface area contributed by atoms with Gasteiger partial charge in [0, 0.05) is 43.3 Å². The van der Waals surface area contributed by atoms with Crippen LogP contribution in [0.4, 0.5) is 5.69 Å². The van der Waals surface area contributed by atoms with Crippen LogP contribution in [0.15, 0.2) is 24.3 Å². The third-order valence-electron chi connectivity index (χ3n) is 3.90. The molecule has 1 atom stereocenters. The highest BCUT2D eigenvalue weighted by Gasteiger charge is 2.35. The largest absolute Gasteiger partial charge is 0.367 e. The molecule has 2 aliphatic heterocycles. The lowest BCUT2D eigenvalue weighted by Crippen LogP contribution is -2.51. The lowest BCUT2D eigenvalue weighted by molar-refractivity contribution is -0.129. The second kappa shape index (κ2) is 4.44. The minimum atomic E-state index is 0.281. The summed E-state index contributed by atoms with van der Waals surface area (Å²) in [5, 5.41) is 0. The fourth-order valence-electron chi connectivity index (χ4n) is 2.96. The van der Waals surface area contributed by atoms with Gasteiger partial charge in [0.15, 0.2) is 6.29 Å². The molecule has 4 nitrogen and oxygen atoms in total. The number of hydrogen-bond acceptors (Lipinski definition) is 3. The molecule has 4 heteroatoms. The summed E-state index contributed by atoms with van der Waals surface area (Å²) in [5.74, 6) is 0.281. The molecule has 0 N–H and O–H groups in total. The molecule has 0 saturated carbocycles. The van der Waals surface area contributed by atoms with Crippen molar-refractivity contribution >= 4 is 17.9 Å². The average Bonchev–Trinajstić information content (AvgIpc) is 2.80. The summed E-state index contributed by atoms with van der Waals surface area (Å²) >= 11 is 0. The van der Waals surface area contributed by atoms with E-state index in [-0.39, 0.29) is 5.91 Å². The smallest absolute Gasteiger partial charge is 0.223 e. The van der Waals surface area contributed by atoms with Crippen molar-refractivity contribution < 1.29 is 9.59 Å². The lowest BCUT2D eigenvalue weighted by atomic mass is 10.1. The summed E-state index contributed by atoms with van der Waals surface area (Å²) < 4.78 is 0. The van der Waals surface area contributed by atoms with E-state index >= 15 is 0 Å². The van der Waals surface area contributed by atoms with E-state index in [1.807, 2.05) is 29.2 Å². The van der Waals surface area contributed by atoms with Crippen LogP contribution in [-0.4, -0.2) is 42.8 Å². The molecule has 0 aliphatic carbocycles. The molecule has 1 amide bonds. The zero-order valence-corrected chi connectivity index (χ0v) is 10.2. The number of rotatable bonds is 2. The van der Waals surface area contributed by atoms with Crippen molar-refractivity contribution in [2.24, 2.45) is 0 Å². The maximum absolute atomic E-state index is 11.6. The van der Waals surface area contributed by atoms with E-state index in [1.165, 1.54) is 0 Å². The van der Waals surface area contributed by atoms with Crippen LogP contribution in [0.5, 0.6) is 0 Å². The van der Waals surface area contributed by atoms with Crippen LogP contribution in [0.3, 0.4) is 0 Å². The molecule has 1 unspecified atom stereocenters. The monoisotopic (exact) mass is 244 g/mol. The van der Waals surface area contributed by atoms with Crippen molar-refractivity contribution in [2.75, 3.05) is 24.5 Å². The molecule has 1 aromatic carbocycles. The van der Waals surface area contributed by atoms with Gasteiger partial charge in [0.2, 0.25) is 5.91 Å². The van der Waals surface area contributed by atoms with Crippen molar-refractivity contribution in [2.45, 2.75) is 18.9 Å². The van der Waals surface area contributed by atoms with Crippen LogP contribution in [-0.2, 0) is 4.79 Å². The maximum Gasteiger partial charge on any atom is 0.223 e. The fraction of sp³-hybridized carbons (Fsp3) is 0.429. The molecule has 0 radical (unpaired) electrons. The summed E-state index contributed by atoms with van der Waals surface area (Å²) in [4.78, 5) is 26.9. The number of piperazine rings is 1. The van der Waals surface area contributed by atoms with E-state index < -0.39 is 0 Å². The van der Waals surface area contributed by atoms with Crippen molar-refractivity contribution in [3.05, 3.63) is 29.8 Å². The van der Waals surface area contributed by atoms with Crippen molar-refractivity contribution in [1.29, 1.82) is 0 Å². The predicted molar refractivity (Wildman–Crippen MR) is 68.8 cm³/mol. The van der Waals surface area contributed by atoms with Gasteiger partial charge in [-0.3, -0.25) is 9.59 Å². The van der Waals surface area contributed by atoms with Crippen LogP contribution in [0.2, 0.25) is 0 Å². The standard InChI is InChI=1S/C14H16N2O2/c17-10-11-3-1-2-4-13(11)15-7-8-16-12(9-15)5-6-14(16)18/h1-4,10,12H,5-9H2. The number of carbonyl (C=O) groups is 2. The van der Waals surface area contributed by atoms with Crippen molar-refractivity contribution in [1.82, 2.24) is 4.90 Å². The molecule has 0 spiro atoms. The number of hydrogen-bond donors (Lipinski definition) is 0. The van der Waals surface area contributed by atoms with Crippen LogP contribution in [0.1, 0.15) is 23.2 Å². The SMILES string of the molecule is O=Cc1ccccc1N1CCN2C(=O)CCC2C1. The van der Waals surface area contributed by atoms with Gasteiger partial charge in [-0.2, -0.15) is 0 Å². The minimum Gasteiger partial charge on any atom is -0.367 e. The normalized spacial score (nSPS) is 23.1. The minimum absolute atomic E-state index is 0.281. The molecule has 2 fully saturated rings. The Bertz CT molecular complexity index is 486. The third kappa shape index (κ3) is 1.78. The number of nitrogens with zero attached hydrogens (tertiary/aromatic N) is 2. The zero-order chi connectivity index (χ0) is 12.5. The molecule has 94 valence electrons. The van der Waals surface area contributed by atoms with Gasteiger partial charge in [-0.15, -0.1) is 0 Å². The first-order valence-electron chi connectivity index (χ1n) is 6.38. The molecule has 2 saturated heterocycles. The lowest BCUT2D eigenvalue weighted by Gasteiger charge is -2.39. The Morgan fingerprint density at radius 2 is 2.06 bits per heavy atom. The highest BCUT2D eigenvalue weighted by molar-refractivity contribution is 5.85. The fourth-order valence-corrected chi connectivity index (χ4v) is 2.96. The van der Waals surface area contributed by atoms with Gasteiger partial charge in [0.25, 0.3) is 0 Å². The van der Waals surface area contributed by atoms with Gasteiger partial charge in [0.05, 0.1) is 0 Å². The molecule has 2 aliphatic rings. The molecule has 3 rings (SSSR count). The van der Waals surface area contributed by atoms with Crippen LogP contribution in [0, 0.1) is 0 Å². The van der Waals surface area contributed by atoms with Gasteiger partial charge in [-0.25, -0.2) is 0 Å². The number of aldehydes is 1. The number of amides is 1. The molecular weight excluding hydrogens is 228 g/mol. The first-order valence-corrected chi connectivity index (χ1v) is 6.38. The molecular formula is C14H16N2O2. The van der Waals surface area contributed by atoms with E-state index in [4.69, 9.17) is 0 Å². The van der Waals surface area contributed by atoms with Crippen molar-refractivity contribution in [3.8, 4) is 0 Å². The number of fused-ring (bicyclic) bond motifs is 1. The quantitative estimate of drug-likeness (QED) is 0.736. The molecule has 0 bridgehead atoms. The summed E-state index contributed by atoms with van der Waals surface area (Å²) in [5.41, 5.74) is 1.72. The second-order valence-corrected chi connectivity index (χ2v) is 4.90.